The van der Waals surface area contributed by atoms with E-state index < -0.39 is 5.54 Å². The summed E-state index contributed by atoms with van der Waals surface area (Å²) in [6, 6.07) is 8.94. The first kappa shape index (κ1) is 12.7. The highest BCUT2D eigenvalue weighted by Gasteiger charge is 2.45. The van der Waals surface area contributed by atoms with Crippen LogP contribution in [0.15, 0.2) is 24.3 Å². The number of nitrogens with one attached hydrogen (secondary N) is 1. The van der Waals surface area contributed by atoms with E-state index >= 15 is 0 Å². The molecule has 1 aromatic rings. The lowest BCUT2D eigenvalue weighted by atomic mass is 9.77. The monoisotopic (exact) mass is 259 g/mol. The van der Waals surface area contributed by atoms with Gasteiger partial charge < -0.3 is 4.74 Å². The Balaban J connectivity index is 1.86. The molecule has 0 heterocycles. The van der Waals surface area contributed by atoms with Crippen molar-refractivity contribution >= 4 is 5.97 Å². The maximum atomic E-state index is 12.4. The number of carbonyl (C=O) groups is 1. The second-order valence-electron chi connectivity index (χ2n) is 5.67. The van der Waals surface area contributed by atoms with Crippen molar-refractivity contribution in [3.05, 3.63) is 35.4 Å². The van der Waals surface area contributed by atoms with Crippen molar-refractivity contribution in [3.8, 4) is 0 Å². The number of hydrogen-bond acceptors (Lipinski definition) is 3. The van der Waals surface area contributed by atoms with Crippen molar-refractivity contribution in [1.29, 1.82) is 0 Å². The van der Waals surface area contributed by atoms with Crippen LogP contribution < -0.4 is 5.32 Å². The van der Waals surface area contributed by atoms with Crippen molar-refractivity contribution in [2.45, 2.75) is 50.6 Å². The highest BCUT2D eigenvalue weighted by atomic mass is 16.5. The zero-order valence-corrected chi connectivity index (χ0v) is 11.4. The van der Waals surface area contributed by atoms with E-state index in [1.807, 2.05) is 6.92 Å². The van der Waals surface area contributed by atoms with Crippen LogP contribution in [0.2, 0.25) is 0 Å². The summed E-state index contributed by atoms with van der Waals surface area (Å²) >= 11 is 0. The molecule has 3 nitrogen and oxygen atoms in total. The number of esters is 1. The molecule has 0 radical (unpaired) electrons. The molecule has 3 heteroatoms. The lowest BCUT2D eigenvalue weighted by Crippen LogP contribution is -2.57. The average molecular weight is 259 g/mol. The van der Waals surface area contributed by atoms with Crippen LogP contribution in [0.3, 0.4) is 0 Å². The molecular weight excluding hydrogens is 238 g/mol. The number of hydrogen-bond donors (Lipinski definition) is 1. The summed E-state index contributed by atoms with van der Waals surface area (Å²) in [4.78, 5) is 12.4. The Labute approximate surface area is 114 Å². The lowest BCUT2D eigenvalue weighted by molar-refractivity contribution is -0.152. The Morgan fingerprint density at radius 3 is 2.79 bits per heavy atom. The van der Waals surface area contributed by atoms with Crippen molar-refractivity contribution in [1.82, 2.24) is 5.32 Å². The molecule has 102 valence electrons. The van der Waals surface area contributed by atoms with E-state index in [2.05, 4.69) is 29.6 Å². The fourth-order valence-corrected chi connectivity index (χ4v) is 2.98. The average Bonchev–Trinajstić information content (AvgIpc) is 3.23. The highest BCUT2D eigenvalue weighted by Crippen LogP contribution is 2.33. The third kappa shape index (κ3) is 2.52. The summed E-state index contributed by atoms with van der Waals surface area (Å²) in [6.45, 7) is 2.33. The van der Waals surface area contributed by atoms with Crippen LogP contribution in [0.1, 0.15) is 37.3 Å². The van der Waals surface area contributed by atoms with Crippen molar-refractivity contribution in [3.63, 3.8) is 0 Å². The second-order valence-corrected chi connectivity index (χ2v) is 5.67. The third-order valence-electron chi connectivity index (χ3n) is 4.16. The molecule has 0 aliphatic heterocycles. The van der Waals surface area contributed by atoms with Gasteiger partial charge in [-0.05, 0) is 43.7 Å². The van der Waals surface area contributed by atoms with E-state index in [0.29, 0.717) is 12.6 Å². The normalized spacial score (nSPS) is 25.7. The van der Waals surface area contributed by atoms with E-state index in [9.17, 15) is 4.79 Å². The first-order chi connectivity index (χ1) is 9.23. The van der Waals surface area contributed by atoms with Gasteiger partial charge in [0.05, 0.1) is 6.61 Å². The third-order valence-corrected chi connectivity index (χ3v) is 4.16. The number of benzene rings is 1. The maximum absolute atomic E-state index is 12.4. The summed E-state index contributed by atoms with van der Waals surface area (Å²) in [5, 5.41) is 3.56. The Morgan fingerprint density at radius 2 is 2.11 bits per heavy atom. The summed E-state index contributed by atoms with van der Waals surface area (Å²) < 4.78 is 5.33. The molecular formula is C16H21NO2. The van der Waals surface area contributed by atoms with Gasteiger partial charge in [-0.3, -0.25) is 10.1 Å². The van der Waals surface area contributed by atoms with Gasteiger partial charge in [0.1, 0.15) is 5.54 Å². The van der Waals surface area contributed by atoms with Crippen LogP contribution in [0, 0.1) is 0 Å². The Morgan fingerprint density at radius 1 is 1.37 bits per heavy atom. The molecule has 0 bridgehead atoms. The predicted molar refractivity (Wildman–Crippen MR) is 74.0 cm³/mol. The standard InChI is InChI=1S/C16H21NO2/c1-2-19-15(18)16(17-14-7-8-14)10-9-12-5-3-4-6-13(12)11-16/h3-6,14,17H,2,7-11H2,1H3. The summed E-state index contributed by atoms with van der Waals surface area (Å²) in [5.74, 6) is -0.0728. The van der Waals surface area contributed by atoms with E-state index in [-0.39, 0.29) is 5.97 Å². The maximum Gasteiger partial charge on any atom is 0.326 e. The number of fused-ring (bicyclic) bond motifs is 1. The minimum Gasteiger partial charge on any atom is -0.465 e. The molecule has 2 aliphatic carbocycles. The van der Waals surface area contributed by atoms with Gasteiger partial charge >= 0.3 is 5.97 Å². The van der Waals surface area contributed by atoms with E-state index in [4.69, 9.17) is 4.74 Å². The molecule has 0 saturated heterocycles. The summed E-state index contributed by atoms with van der Waals surface area (Å²) in [5.41, 5.74) is 2.17. The smallest absolute Gasteiger partial charge is 0.326 e. The fourth-order valence-electron chi connectivity index (χ4n) is 2.98. The molecule has 1 saturated carbocycles. The quantitative estimate of drug-likeness (QED) is 0.843. The van der Waals surface area contributed by atoms with Crippen molar-refractivity contribution in [2.75, 3.05) is 6.61 Å². The predicted octanol–water partition coefficient (Wildman–Crippen LogP) is 2.23. The van der Waals surface area contributed by atoms with Gasteiger partial charge in [0.2, 0.25) is 0 Å². The molecule has 0 aromatic heterocycles. The van der Waals surface area contributed by atoms with Gasteiger partial charge in [0.25, 0.3) is 0 Å². The number of rotatable bonds is 4. The van der Waals surface area contributed by atoms with Gasteiger partial charge in [-0.15, -0.1) is 0 Å². The Hall–Kier alpha value is -1.35. The molecule has 0 amide bonds. The first-order valence-electron chi connectivity index (χ1n) is 7.25. The molecule has 0 spiro atoms. The van der Waals surface area contributed by atoms with Gasteiger partial charge in [-0.2, -0.15) is 0 Å². The van der Waals surface area contributed by atoms with E-state index in [0.717, 1.165) is 19.3 Å². The largest absolute Gasteiger partial charge is 0.465 e. The minimum atomic E-state index is -0.495. The molecule has 1 atom stereocenters. The minimum absolute atomic E-state index is 0.0728. The van der Waals surface area contributed by atoms with Crippen LogP contribution in [0.25, 0.3) is 0 Å². The van der Waals surface area contributed by atoms with Crippen molar-refractivity contribution in [2.24, 2.45) is 0 Å². The van der Waals surface area contributed by atoms with Crippen LogP contribution in [-0.4, -0.2) is 24.2 Å². The molecule has 1 unspecified atom stereocenters. The van der Waals surface area contributed by atoms with Gasteiger partial charge in [0, 0.05) is 12.5 Å². The molecule has 2 aliphatic rings. The lowest BCUT2D eigenvalue weighted by Gasteiger charge is -2.37. The van der Waals surface area contributed by atoms with E-state index in [1.54, 1.807) is 0 Å². The summed E-state index contributed by atoms with van der Waals surface area (Å²) in [6.07, 6.45) is 4.93. The Bertz CT molecular complexity index is 481. The zero-order valence-electron chi connectivity index (χ0n) is 11.4. The topological polar surface area (TPSA) is 38.3 Å². The molecule has 19 heavy (non-hydrogen) atoms. The first-order valence-corrected chi connectivity index (χ1v) is 7.25. The fraction of sp³-hybridized carbons (Fsp3) is 0.562. The molecule has 1 aromatic carbocycles. The molecule has 3 rings (SSSR count). The number of ether oxygens (including phenoxy) is 1. The van der Waals surface area contributed by atoms with Crippen LogP contribution in [0.4, 0.5) is 0 Å². The van der Waals surface area contributed by atoms with Crippen molar-refractivity contribution < 1.29 is 9.53 Å². The summed E-state index contributed by atoms with van der Waals surface area (Å²) in [7, 11) is 0. The molecule has 1 N–H and O–H groups in total. The molecule has 1 fully saturated rings. The van der Waals surface area contributed by atoms with Crippen LogP contribution >= 0.6 is 0 Å². The SMILES string of the molecule is CCOC(=O)C1(NC2CC2)CCc2ccccc2C1. The Kier molecular flexibility index (Phi) is 3.31. The second kappa shape index (κ2) is 4.97. The zero-order chi connectivity index (χ0) is 13.3. The van der Waals surface area contributed by atoms with E-state index in [1.165, 1.54) is 24.0 Å². The van der Waals surface area contributed by atoms with Gasteiger partial charge in [-0.25, -0.2) is 0 Å². The van der Waals surface area contributed by atoms with Gasteiger partial charge in [0.15, 0.2) is 0 Å². The van der Waals surface area contributed by atoms with Crippen LogP contribution in [0.5, 0.6) is 0 Å². The van der Waals surface area contributed by atoms with Gasteiger partial charge in [-0.1, -0.05) is 24.3 Å². The highest BCUT2D eigenvalue weighted by molar-refractivity contribution is 5.82. The number of carbonyl (C=O) groups excluding carboxylic acids is 1. The van der Waals surface area contributed by atoms with Crippen LogP contribution in [-0.2, 0) is 22.4 Å². The number of aryl methyl sites for hydroxylation is 1.